The fraction of sp³-hybridized carbons (Fsp3) is 0.231. The molecule has 0 saturated heterocycles. The minimum Gasteiger partial charge on any atom is -0.494 e. The molecule has 4 heteroatoms. The molecule has 0 aliphatic heterocycles. The molecule has 1 aromatic carbocycles. The van der Waals surface area contributed by atoms with E-state index < -0.39 is 0 Å². The summed E-state index contributed by atoms with van der Waals surface area (Å²) in [5.74, 6) is 1.20. The zero-order chi connectivity index (χ0) is 12.3. The lowest BCUT2D eigenvalue weighted by Crippen LogP contribution is -2.01. The second-order valence-corrected chi connectivity index (χ2v) is 3.58. The fourth-order valence-corrected chi connectivity index (χ4v) is 1.54. The van der Waals surface area contributed by atoms with Crippen LogP contribution in [0, 0.1) is 6.92 Å². The van der Waals surface area contributed by atoms with Gasteiger partial charge in [0.05, 0.1) is 18.4 Å². The first kappa shape index (κ1) is 11.4. The Balaban J connectivity index is 2.23. The fourth-order valence-electron chi connectivity index (χ4n) is 1.54. The van der Waals surface area contributed by atoms with Crippen LogP contribution >= 0.6 is 0 Å². The lowest BCUT2D eigenvalue weighted by molar-refractivity contribution is 0.103. The molecule has 1 heterocycles. The number of hydrogen-bond acceptors (Lipinski definition) is 4. The number of carbonyl (C=O) groups excluding carboxylic acids is 1. The van der Waals surface area contributed by atoms with Crippen molar-refractivity contribution in [3.8, 4) is 5.75 Å². The highest BCUT2D eigenvalue weighted by molar-refractivity contribution is 6.09. The smallest absolute Gasteiger partial charge is 0.198 e. The minimum atomic E-state index is -0.0909. The van der Waals surface area contributed by atoms with Gasteiger partial charge >= 0.3 is 0 Å². The van der Waals surface area contributed by atoms with Gasteiger partial charge in [-0.2, -0.15) is 0 Å². The Morgan fingerprint density at radius 1 is 1.35 bits per heavy atom. The van der Waals surface area contributed by atoms with E-state index in [0.29, 0.717) is 23.5 Å². The average molecular weight is 231 g/mol. The van der Waals surface area contributed by atoms with Crippen molar-refractivity contribution in [3.05, 3.63) is 47.3 Å². The Morgan fingerprint density at radius 2 is 2.06 bits per heavy atom. The van der Waals surface area contributed by atoms with Gasteiger partial charge in [-0.1, -0.05) is 5.16 Å². The van der Waals surface area contributed by atoms with Crippen molar-refractivity contribution >= 4 is 5.78 Å². The number of ketones is 1. The molecule has 0 unspecified atom stereocenters. The van der Waals surface area contributed by atoms with Crippen LogP contribution in [0.4, 0.5) is 0 Å². The van der Waals surface area contributed by atoms with Gasteiger partial charge in [0.25, 0.3) is 0 Å². The van der Waals surface area contributed by atoms with Crippen molar-refractivity contribution < 1.29 is 14.1 Å². The first-order valence-corrected chi connectivity index (χ1v) is 5.41. The number of aryl methyl sites for hydroxylation is 1. The van der Waals surface area contributed by atoms with Crippen LogP contribution in [0.5, 0.6) is 5.75 Å². The van der Waals surface area contributed by atoms with Crippen LogP contribution in [0.25, 0.3) is 0 Å². The summed E-state index contributed by atoms with van der Waals surface area (Å²) < 4.78 is 10.2. The molecule has 0 bridgehead atoms. The lowest BCUT2D eigenvalue weighted by atomic mass is 10.0. The van der Waals surface area contributed by atoms with E-state index in [4.69, 9.17) is 9.26 Å². The lowest BCUT2D eigenvalue weighted by Gasteiger charge is -2.03. The average Bonchev–Trinajstić information content (AvgIpc) is 2.76. The van der Waals surface area contributed by atoms with Gasteiger partial charge in [0.1, 0.15) is 11.5 Å². The molecule has 4 nitrogen and oxygen atoms in total. The van der Waals surface area contributed by atoms with Crippen LogP contribution in [-0.2, 0) is 0 Å². The first-order valence-electron chi connectivity index (χ1n) is 5.41. The van der Waals surface area contributed by atoms with E-state index in [-0.39, 0.29) is 5.78 Å². The van der Waals surface area contributed by atoms with Crippen LogP contribution in [0.2, 0.25) is 0 Å². The zero-order valence-electron chi connectivity index (χ0n) is 9.77. The molecule has 2 rings (SSSR count). The van der Waals surface area contributed by atoms with Crippen molar-refractivity contribution in [2.45, 2.75) is 13.8 Å². The Bertz CT molecular complexity index is 514. The first-order chi connectivity index (χ1) is 8.22. The van der Waals surface area contributed by atoms with Gasteiger partial charge in [-0.05, 0) is 38.1 Å². The van der Waals surface area contributed by atoms with Crippen LogP contribution in [0.3, 0.4) is 0 Å². The van der Waals surface area contributed by atoms with Gasteiger partial charge in [0, 0.05) is 5.56 Å². The Kier molecular flexibility index (Phi) is 3.23. The molecular weight excluding hydrogens is 218 g/mol. The summed E-state index contributed by atoms with van der Waals surface area (Å²) in [4.78, 5) is 12.1. The molecule has 88 valence electrons. The SMILES string of the molecule is CCOc1ccc(C(=O)c2cnoc2C)cc1. The third-order valence-corrected chi connectivity index (χ3v) is 2.42. The van der Waals surface area contributed by atoms with Gasteiger partial charge in [0.15, 0.2) is 5.78 Å². The van der Waals surface area contributed by atoms with E-state index in [1.165, 1.54) is 6.20 Å². The molecule has 0 N–H and O–H groups in total. The molecule has 17 heavy (non-hydrogen) atoms. The standard InChI is InChI=1S/C13H13NO3/c1-3-16-11-6-4-10(5-7-11)13(15)12-8-14-17-9(12)2/h4-8H,3H2,1-2H3. The maximum absolute atomic E-state index is 12.1. The molecule has 1 aromatic heterocycles. The van der Waals surface area contributed by atoms with Gasteiger partial charge in [-0.15, -0.1) is 0 Å². The Morgan fingerprint density at radius 3 is 2.59 bits per heavy atom. The molecule has 2 aromatic rings. The number of rotatable bonds is 4. The molecule has 0 fully saturated rings. The van der Waals surface area contributed by atoms with Gasteiger partial charge in [-0.3, -0.25) is 4.79 Å². The van der Waals surface area contributed by atoms with E-state index in [9.17, 15) is 4.79 Å². The van der Waals surface area contributed by atoms with Crippen LogP contribution in [0.1, 0.15) is 28.6 Å². The van der Waals surface area contributed by atoms with Crippen molar-refractivity contribution in [1.82, 2.24) is 5.16 Å². The summed E-state index contributed by atoms with van der Waals surface area (Å²) in [6.07, 6.45) is 1.44. The molecule has 0 atom stereocenters. The molecule has 0 saturated carbocycles. The van der Waals surface area contributed by atoms with E-state index >= 15 is 0 Å². The van der Waals surface area contributed by atoms with Crippen molar-refractivity contribution in [2.24, 2.45) is 0 Å². The maximum Gasteiger partial charge on any atom is 0.198 e. The molecule has 0 amide bonds. The summed E-state index contributed by atoms with van der Waals surface area (Å²) in [6.45, 7) is 4.24. The highest BCUT2D eigenvalue weighted by Gasteiger charge is 2.14. The van der Waals surface area contributed by atoms with E-state index in [1.807, 2.05) is 6.92 Å². The Labute approximate surface area is 99.2 Å². The van der Waals surface area contributed by atoms with Crippen molar-refractivity contribution in [2.75, 3.05) is 6.61 Å². The van der Waals surface area contributed by atoms with E-state index in [2.05, 4.69) is 5.16 Å². The summed E-state index contributed by atoms with van der Waals surface area (Å²) in [5.41, 5.74) is 1.09. The van der Waals surface area contributed by atoms with Crippen molar-refractivity contribution in [3.63, 3.8) is 0 Å². The van der Waals surface area contributed by atoms with Crippen LogP contribution in [-0.4, -0.2) is 17.5 Å². The summed E-state index contributed by atoms with van der Waals surface area (Å²) in [7, 11) is 0. The second kappa shape index (κ2) is 4.82. The van der Waals surface area contributed by atoms with Crippen LogP contribution in [0.15, 0.2) is 35.0 Å². The number of carbonyl (C=O) groups is 1. The van der Waals surface area contributed by atoms with Gasteiger partial charge < -0.3 is 9.26 Å². The molecule has 0 spiro atoms. The Hall–Kier alpha value is -2.10. The number of nitrogens with zero attached hydrogens (tertiary/aromatic N) is 1. The monoisotopic (exact) mass is 231 g/mol. The molecule has 0 aliphatic rings. The quantitative estimate of drug-likeness (QED) is 0.759. The van der Waals surface area contributed by atoms with Gasteiger partial charge in [0.2, 0.25) is 0 Å². The predicted molar refractivity (Wildman–Crippen MR) is 62.3 cm³/mol. The number of hydrogen-bond donors (Lipinski definition) is 0. The third kappa shape index (κ3) is 2.36. The zero-order valence-corrected chi connectivity index (χ0v) is 9.77. The summed E-state index contributed by atoms with van der Waals surface area (Å²) in [5, 5.41) is 3.59. The number of aromatic nitrogens is 1. The third-order valence-electron chi connectivity index (χ3n) is 2.42. The summed E-state index contributed by atoms with van der Waals surface area (Å²) >= 11 is 0. The van der Waals surface area contributed by atoms with Crippen LogP contribution < -0.4 is 4.74 Å². The number of ether oxygens (including phenoxy) is 1. The highest BCUT2D eigenvalue weighted by Crippen LogP contribution is 2.17. The summed E-state index contributed by atoms with van der Waals surface area (Å²) in [6, 6.07) is 7.03. The largest absolute Gasteiger partial charge is 0.494 e. The van der Waals surface area contributed by atoms with Crippen molar-refractivity contribution in [1.29, 1.82) is 0 Å². The van der Waals surface area contributed by atoms with E-state index in [0.717, 1.165) is 5.75 Å². The topological polar surface area (TPSA) is 52.3 Å². The second-order valence-electron chi connectivity index (χ2n) is 3.58. The predicted octanol–water partition coefficient (Wildman–Crippen LogP) is 2.61. The minimum absolute atomic E-state index is 0.0909. The normalized spacial score (nSPS) is 10.2. The highest BCUT2D eigenvalue weighted by atomic mass is 16.5. The maximum atomic E-state index is 12.1. The molecule has 0 aliphatic carbocycles. The molecular formula is C13H13NO3. The number of benzene rings is 1. The molecule has 0 radical (unpaired) electrons. The van der Waals surface area contributed by atoms with E-state index in [1.54, 1.807) is 31.2 Å². The van der Waals surface area contributed by atoms with Gasteiger partial charge in [-0.25, -0.2) is 0 Å².